The molecule has 7 N–H and O–H groups in total. The number of aliphatic hydroxyl groups is 2. The maximum absolute atomic E-state index is 12.6. The molecular formula is C37H45N5O7. The van der Waals surface area contributed by atoms with Gasteiger partial charge in [0.2, 0.25) is 0 Å². The van der Waals surface area contributed by atoms with Crippen LogP contribution in [0.2, 0.25) is 0 Å². The highest BCUT2D eigenvalue weighted by Gasteiger charge is 2.11. The first-order chi connectivity index (χ1) is 23.9. The molecule has 1 heterocycles. The van der Waals surface area contributed by atoms with Crippen molar-refractivity contribution < 1.29 is 34.4 Å². The molecule has 0 saturated heterocycles. The van der Waals surface area contributed by atoms with Crippen molar-refractivity contribution in [2.45, 2.75) is 45.0 Å². The molecule has 0 unspecified atom stereocenters. The lowest BCUT2D eigenvalue weighted by Gasteiger charge is -2.14. The summed E-state index contributed by atoms with van der Waals surface area (Å²) in [5, 5.41) is 40.9. The molecule has 0 aliphatic rings. The van der Waals surface area contributed by atoms with Gasteiger partial charge in [-0.1, -0.05) is 37.1 Å². The fourth-order valence-corrected chi connectivity index (χ4v) is 4.92. The van der Waals surface area contributed by atoms with E-state index in [0.29, 0.717) is 66.7 Å². The van der Waals surface area contributed by atoms with Crippen LogP contribution in [-0.2, 0) is 22.7 Å². The van der Waals surface area contributed by atoms with E-state index in [4.69, 9.17) is 9.47 Å². The molecule has 0 fully saturated rings. The predicted octanol–water partition coefficient (Wildman–Crippen LogP) is 5.59. The van der Waals surface area contributed by atoms with E-state index >= 15 is 0 Å². The first-order valence-electron chi connectivity index (χ1n) is 16.4. The number of carbonyl (C=O) groups excluding carboxylic acids is 2. The molecular weight excluding hydrogens is 626 g/mol. The second-order valence-corrected chi connectivity index (χ2v) is 11.4. The van der Waals surface area contributed by atoms with E-state index in [9.17, 15) is 24.9 Å². The highest BCUT2D eigenvalue weighted by molar-refractivity contribution is 6.05. The molecule has 3 amide bonds. The zero-order chi connectivity index (χ0) is 34.7. The Kier molecular flexibility index (Phi) is 15.5. The molecule has 49 heavy (non-hydrogen) atoms. The van der Waals surface area contributed by atoms with Gasteiger partial charge in [-0.05, 0) is 85.1 Å². The Balaban J connectivity index is 1.02. The summed E-state index contributed by atoms with van der Waals surface area (Å²) in [6.07, 6.45) is 6.42. The smallest absolute Gasteiger partial charge is 0.323 e. The molecule has 4 aromatic rings. The molecule has 1 aromatic heterocycles. The molecule has 0 spiro atoms. The quantitative estimate of drug-likeness (QED) is 0.0591. The van der Waals surface area contributed by atoms with Gasteiger partial charge in [0.05, 0.1) is 38.1 Å². The number of aliphatic hydroxyl groups excluding tert-OH is 2. The molecule has 260 valence electrons. The molecule has 0 aliphatic carbocycles. The summed E-state index contributed by atoms with van der Waals surface area (Å²) in [5.74, 6) is -0.269. The molecule has 1 atom stereocenters. The van der Waals surface area contributed by atoms with E-state index in [-0.39, 0.29) is 18.3 Å². The van der Waals surface area contributed by atoms with Crippen molar-refractivity contribution in [3.8, 4) is 5.75 Å². The number of rotatable bonds is 20. The van der Waals surface area contributed by atoms with E-state index < -0.39 is 12.1 Å². The lowest BCUT2D eigenvalue weighted by molar-refractivity contribution is 0.0393. The highest BCUT2D eigenvalue weighted by Crippen LogP contribution is 2.22. The van der Waals surface area contributed by atoms with Crippen molar-refractivity contribution in [2.24, 2.45) is 0 Å². The molecule has 12 heteroatoms. The van der Waals surface area contributed by atoms with Crippen LogP contribution in [0.5, 0.6) is 5.75 Å². The van der Waals surface area contributed by atoms with Crippen molar-refractivity contribution in [3.05, 3.63) is 114 Å². The van der Waals surface area contributed by atoms with Crippen molar-refractivity contribution in [2.75, 3.05) is 48.9 Å². The predicted molar refractivity (Wildman–Crippen MR) is 189 cm³/mol. The topological polar surface area (TPSA) is 174 Å². The van der Waals surface area contributed by atoms with Gasteiger partial charge in [-0.25, -0.2) is 4.79 Å². The summed E-state index contributed by atoms with van der Waals surface area (Å²) in [4.78, 5) is 29.0. The molecule has 4 rings (SSSR count). The van der Waals surface area contributed by atoms with E-state index in [1.54, 1.807) is 60.8 Å². The molecule has 0 aliphatic heterocycles. The van der Waals surface area contributed by atoms with Crippen molar-refractivity contribution >= 4 is 29.0 Å². The number of amides is 3. The lowest BCUT2D eigenvalue weighted by atomic mass is 10.1. The number of unbranched alkanes of at least 4 members (excludes halogenated alkanes) is 3. The van der Waals surface area contributed by atoms with Crippen LogP contribution >= 0.6 is 0 Å². The third-order valence-electron chi connectivity index (χ3n) is 7.52. The Hall–Kier alpha value is -4.85. The maximum Gasteiger partial charge on any atom is 0.323 e. The number of hydrogen-bond donors (Lipinski definition) is 7. The summed E-state index contributed by atoms with van der Waals surface area (Å²) in [5.41, 5.74) is 4.10. The van der Waals surface area contributed by atoms with Crippen LogP contribution in [0, 0.1) is 0 Å². The van der Waals surface area contributed by atoms with Gasteiger partial charge >= 0.3 is 6.03 Å². The number of aromatic hydroxyl groups is 1. The number of carbonyl (C=O) groups is 2. The minimum Gasteiger partial charge on any atom is -0.508 e. The summed E-state index contributed by atoms with van der Waals surface area (Å²) in [7, 11) is 0. The number of anilines is 3. The van der Waals surface area contributed by atoms with E-state index in [1.165, 1.54) is 12.3 Å². The minimum atomic E-state index is -0.703. The molecule has 0 radical (unpaired) electrons. The van der Waals surface area contributed by atoms with Crippen molar-refractivity contribution in [3.63, 3.8) is 0 Å². The summed E-state index contributed by atoms with van der Waals surface area (Å²) >= 11 is 0. The number of phenols is 1. The zero-order valence-electron chi connectivity index (χ0n) is 27.4. The lowest BCUT2D eigenvalue weighted by Crippen LogP contribution is -2.22. The second kappa shape index (κ2) is 20.5. The SMILES string of the molecule is O=C(Nc1cccc(COCCOCCCCCCNC[C@H](O)c2ccc(O)c(CO)c2)c1)Nc1cccc(NC(=O)c2cccnc2)c1. The first-order valence-corrected chi connectivity index (χ1v) is 16.4. The highest BCUT2D eigenvalue weighted by atomic mass is 16.5. The molecule has 3 aromatic carbocycles. The number of ether oxygens (including phenoxy) is 2. The van der Waals surface area contributed by atoms with Gasteiger partial charge in [-0.2, -0.15) is 0 Å². The van der Waals surface area contributed by atoms with Gasteiger partial charge < -0.3 is 46.1 Å². The monoisotopic (exact) mass is 671 g/mol. The number of hydrogen-bond acceptors (Lipinski definition) is 9. The van der Waals surface area contributed by atoms with Crippen LogP contribution in [-0.4, -0.2) is 65.2 Å². The first kappa shape index (κ1) is 37.0. The number of urea groups is 1. The average molecular weight is 672 g/mol. The van der Waals surface area contributed by atoms with Crippen LogP contribution in [0.3, 0.4) is 0 Å². The van der Waals surface area contributed by atoms with Crippen LogP contribution in [0.4, 0.5) is 21.9 Å². The summed E-state index contributed by atoms with van der Waals surface area (Å²) < 4.78 is 11.4. The van der Waals surface area contributed by atoms with E-state index in [2.05, 4.69) is 26.3 Å². The normalized spacial score (nSPS) is 11.6. The fourth-order valence-electron chi connectivity index (χ4n) is 4.92. The van der Waals surface area contributed by atoms with Crippen LogP contribution in [0.25, 0.3) is 0 Å². The number of nitrogens with zero attached hydrogens (tertiary/aromatic N) is 1. The zero-order valence-corrected chi connectivity index (χ0v) is 27.4. The third kappa shape index (κ3) is 13.3. The van der Waals surface area contributed by atoms with Gasteiger partial charge in [-0.3, -0.25) is 9.78 Å². The van der Waals surface area contributed by atoms with Crippen molar-refractivity contribution in [1.82, 2.24) is 10.3 Å². The van der Waals surface area contributed by atoms with E-state index in [1.807, 2.05) is 18.2 Å². The Bertz CT molecular complexity index is 1610. The average Bonchev–Trinajstić information content (AvgIpc) is 3.11. The van der Waals surface area contributed by atoms with Gasteiger partial charge in [0.25, 0.3) is 5.91 Å². The molecule has 12 nitrogen and oxygen atoms in total. The summed E-state index contributed by atoms with van der Waals surface area (Å²) in [6.45, 7) is 2.93. The van der Waals surface area contributed by atoms with E-state index in [0.717, 1.165) is 37.8 Å². The summed E-state index contributed by atoms with van der Waals surface area (Å²) in [6, 6.07) is 22.0. The van der Waals surface area contributed by atoms with Crippen molar-refractivity contribution in [1.29, 1.82) is 0 Å². The van der Waals surface area contributed by atoms with Crippen LogP contribution in [0.1, 0.15) is 58.8 Å². The minimum absolute atomic E-state index is 0.0232. The van der Waals surface area contributed by atoms with Crippen LogP contribution in [0.15, 0.2) is 91.3 Å². The Morgan fingerprint density at radius 3 is 2.29 bits per heavy atom. The molecule has 0 bridgehead atoms. The second-order valence-electron chi connectivity index (χ2n) is 11.4. The maximum atomic E-state index is 12.6. The number of pyridine rings is 1. The number of benzene rings is 3. The third-order valence-corrected chi connectivity index (χ3v) is 7.52. The van der Waals surface area contributed by atoms with Gasteiger partial charge in [0, 0.05) is 48.2 Å². The van der Waals surface area contributed by atoms with Gasteiger partial charge in [-0.15, -0.1) is 0 Å². The Labute approximate surface area is 286 Å². The largest absolute Gasteiger partial charge is 0.508 e. The Morgan fingerprint density at radius 2 is 1.51 bits per heavy atom. The van der Waals surface area contributed by atoms with Gasteiger partial charge in [0.1, 0.15) is 5.75 Å². The standard InChI is InChI=1S/C37H45N5O7/c43-25-30-21-28(13-14-34(30)44)35(45)24-39-15-3-1-2-4-17-48-18-19-49-26-27-8-5-10-31(20-27)41-37(47)42-33-12-6-11-32(22-33)40-36(46)29-9-7-16-38-23-29/h5-14,16,20-23,35,39,43-45H,1-4,15,17-19,24-26H2,(H,40,46)(H2,41,42,47)/t35-/m0/s1. The van der Waals surface area contributed by atoms with Gasteiger partial charge in [0.15, 0.2) is 0 Å². The molecule has 0 saturated carbocycles. The fraction of sp³-hybridized carbons (Fsp3) is 0.324. The Morgan fingerprint density at radius 1 is 0.776 bits per heavy atom. The number of nitrogens with one attached hydrogen (secondary N) is 4. The number of aromatic nitrogens is 1. The van der Waals surface area contributed by atoms with Crippen LogP contribution < -0.4 is 21.3 Å².